The smallest absolute Gasteiger partial charge is 0.128 e. The molecule has 1 N–H and O–H groups in total. The molecule has 1 aliphatic carbocycles. The van der Waals surface area contributed by atoms with Crippen LogP contribution >= 0.6 is 15.9 Å². The minimum atomic E-state index is 0.158. The van der Waals surface area contributed by atoms with E-state index in [1.807, 2.05) is 12.1 Å². The quantitative estimate of drug-likeness (QED) is 0.762. The lowest BCUT2D eigenvalue weighted by Crippen LogP contribution is -2.61. The van der Waals surface area contributed by atoms with Gasteiger partial charge in [0.1, 0.15) is 18.0 Å². The number of benzene rings is 1. The number of nitrogens with one attached hydrogen (secondary N) is 1. The molecule has 21 heavy (non-hydrogen) atoms. The Morgan fingerprint density at radius 2 is 2.10 bits per heavy atom. The number of ether oxygens (including phenoxy) is 2. The van der Waals surface area contributed by atoms with Crippen LogP contribution in [0.15, 0.2) is 22.7 Å². The molecule has 1 aromatic carbocycles. The van der Waals surface area contributed by atoms with Gasteiger partial charge in [-0.05, 0) is 50.1 Å². The average molecular weight is 356 g/mol. The molecule has 0 radical (unpaired) electrons. The lowest BCUT2D eigenvalue weighted by Gasteiger charge is -2.44. The zero-order valence-electron chi connectivity index (χ0n) is 13.2. The van der Waals surface area contributed by atoms with Crippen molar-refractivity contribution in [2.75, 3.05) is 13.2 Å². The van der Waals surface area contributed by atoms with Crippen LogP contribution in [0.25, 0.3) is 0 Å². The van der Waals surface area contributed by atoms with Crippen molar-refractivity contribution in [1.29, 1.82) is 0 Å². The zero-order chi connectivity index (χ0) is 15.2. The molecule has 1 fully saturated rings. The predicted octanol–water partition coefficient (Wildman–Crippen LogP) is 4.07. The Hall–Kier alpha value is -0.580. The van der Waals surface area contributed by atoms with Crippen LogP contribution in [-0.4, -0.2) is 31.4 Å². The summed E-state index contributed by atoms with van der Waals surface area (Å²) in [6, 6.07) is 6.57. The second-order valence-electron chi connectivity index (χ2n) is 5.70. The van der Waals surface area contributed by atoms with Crippen LogP contribution in [0.1, 0.15) is 38.7 Å². The summed E-state index contributed by atoms with van der Waals surface area (Å²) in [5, 5.41) is 3.55. The Balaban J connectivity index is 1.95. The second kappa shape index (κ2) is 8.16. The highest BCUT2D eigenvalue weighted by Gasteiger charge is 2.43. The fourth-order valence-electron chi connectivity index (χ4n) is 2.61. The van der Waals surface area contributed by atoms with Gasteiger partial charge in [-0.15, -0.1) is 0 Å². The summed E-state index contributed by atoms with van der Waals surface area (Å²) < 4.78 is 13.2. The molecule has 3 unspecified atom stereocenters. The molecule has 0 aromatic heterocycles. The SMILES string of the molecule is CCCNC1CC(Oc2ccc(Br)cc2C)C1OCCC. The maximum absolute atomic E-state index is 6.17. The van der Waals surface area contributed by atoms with Gasteiger partial charge in [-0.2, -0.15) is 0 Å². The monoisotopic (exact) mass is 355 g/mol. The van der Waals surface area contributed by atoms with Gasteiger partial charge in [-0.3, -0.25) is 0 Å². The molecule has 1 saturated carbocycles. The van der Waals surface area contributed by atoms with E-state index in [1.165, 1.54) is 0 Å². The van der Waals surface area contributed by atoms with Crippen LogP contribution in [0.5, 0.6) is 5.75 Å². The van der Waals surface area contributed by atoms with Gasteiger partial charge in [0.25, 0.3) is 0 Å². The first kappa shape index (κ1) is 16.8. The number of hydrogen-bond donors (Lipinski definition) is 1. The van der Waals surface area contributed by atoms with E-state index in [1.54, 1.807) is 0 Å². The van der Waals surface area contributed by atoms with Gasteiger partial charge in [-0.25, -0.2) is 0 Å². The van der Waals surface area contributed by atoms with Crippen LogP contribution < -0.4 is 10.1 Å². The lowest BCUT2D eigenvalue weighted by atomic mass is 9.85. The second-order valence-corrected chi connectivity index (χ2v) is 6.61. The standard InChI is InChI=1S/C17H26BrNO2/c1-4-8-19-14-11-16(17(14)20-9-5-2)21-15-7-6-13(18)10-12(15)3/h6-7,10,14,16-17,19H,4-5,8-9,11H2,1-3H3. The van der Waals surface area contributed by atoms with Gasteiger partial charge >= 0.3 is 0 Å². The maximum atomic E-state index is 6.17. The normalized spacial score (nSPS) is 24.7. The van der Waals surface area contributed by atoms with Crippen molar-refractivity contribution in [1.82, 2.24) is 5.32 Å². The average Bonchev–Trinajstić information content (AvgIpc) is 2.44. The summed E-state index contributed by atoms with van der Waals surface area (Å²) in [5.74, 6) is 0.960. The third kappa shape index (κ3) is 4.44. The van der Waals surface area contributed by atoms with Crippen molar-refractivity contribution in [3.05, 3.63) is 28.2 Å². The molecule has 0 saturated heterocycles. The molecule has 2 rings (SSSR count). The van der Waals surface area contributed by atoms with E-state index in [9.17, 15) is 0 Å². The molecule has 0 amide bonds. The minimum Gasteiger partial charge on any atom is -0.487 e. The van der Waals surface area contributed by atoms with Crippen molar-refractivity contribution >= 4 is 15.9 Å². The van der Waals surface area contributed by atoms with E-state index >= 15 is 0 Å². The summed E-state index contributed by atoms with van der Waals surface area (Å²) in [4.78, 5) is 0. The first-order valence-corrected chi connectivity index (χ1v) is 8.72. The predicted molar refractivity (Wildman–Crippen MR) is 90.0 cm³/mol. The Labute approximate surface area is 136 Å². The Morgan fingerprint density at radius 3 is 2.76 bits per heavy atom. The third-order valence-corrected chi connectivity index (χ3v) is 4.33. The van der Waals surface area contributed by atoms with Gasteiger partial charge < -0.3 is 14.8 Å². The first-order valence-electron chi connectivity index (χ1n) is 7.93. The molecule has 0 heterocycles. The summed E-state index contributed by atoms with van der Waals surface area (Å²) in [5.41, 5.74) is 1.16. The number of halogens is 1. The van der Waals surface area contributed by atoms with E-state index in [4.69, 9.17) is 9.47 Å². The van der Waals surface area contributed by atoms with Crippen molar-refractivity contribution in [2.24, 2.45) is 0 Å². The van der Waals surface area contributed by atoms with E-state index in [0.717, 1.165) is 48.2 Å². The van der Waals surface area contributed by atoms with E-state index in [-0.39, 0.29) is 12.2 Å². The number of hydrogen-bond acceptors (Lipinski definition) is 3. The topological polar surface area (TPSA) is 30.5 Å². The molecule has 0 aliphatic heterocycles. The van der Waals surface area contributed by atoms with Crippen LogP contribution in [0.2, 0.25) is 0 Å². The van der Waals surface area contributed by atoms with Gasteiger partial charge in [0.05, 0.1) is 0 Å². The van der Waals surface area contributed by atoms with E-state index in [2.05, 4.69) is 48.1 Å². The van der Waals surface area contributed by atoms with Crippen molar-refractivity contribution in [3.63, 3.8) is 0 Å². The fraction of sp³-hybridized carbons (Fsp3) is 0.647. The van der Waals surface area contributed by atoms with Crippen LogP contribution in [-0.2, 0) is 4.74 Å². The Kier molecular flexibility index (Phi) is 6.52. The van der Waals surface area contributed by atoms with Crippen molar-refractivity contribution < 1.29 is 9.47 Å². The molecule has 0 bridgehead atoms. The zero-order valence-corrected chi connectivity index (χ0v) is 14.8. The van der Waals surface area contributed by atoms with Gasteiger partial charge in [-0.1, -0.05) is 29.8 Å². The molecule has 1 aliphatic rings. The Morgan fingerprint density at radius 1 is 1.29 bits per heavy atom. The van der Waals surface area contributed by atoms with Crippen LogP contribution in [0, 0.1) is 6.92 Å². The molecular formula is C17H26BrNO2. The highest BCUT2D eigenvalue weighted by atomic mass is 79.9. The van der Waals surface area contributed by atoms with E-state index < -0.39 is 0 Å². The third-order valence-electron chi connectivity index (χ3n) is 3.84. The molecule has 3 atom stereocenters. The van der Waals surface area contributed by atoms with Crippen LogP contribution in [0.4, 0.5) is 0 Å². The maximum Gasteiger partial charge on any atom is 0.128 e. The summed E-state index contributed by atoms with van der Waals surface area (Å²) >= 11 is 3.49. The Bertz CT molecular complexity index is 452. The van der Waals surface area contributed by atoms with Gasteiger partial charge in [0.2, 0.25) is 0 Å². The van der Waals surface area contributed by atoms with Crippen LogP contribution in [0.3, 0.4) is 0 Å². The first-order chi connectivity index (χ1) is 10.2. The highest BCUT2D eigenvalue weighted by Crippen LogP contribution is 2.31. The number of rotatable bonds is 8. The molecule has 4 heteroatoms. The highest BCUT2D eigenvalue weighted by molar-refractivity contribution is 9.10. The molecule has 3 nitrogen and oxygen atoms in total. The minimum absolute atomic E-state index is 0.158. The summed E-state index contributed by atoms with van der Waals surface area (Å²) in [6.45, 7) is 8.25. The van der Waals surface area contributed by atoms with Crippen molar-refractivity contribution in [3.8, 4) is 5.75 Å². The van der Waals surface area contributed by atoms with Crippen molar-refractivity contribution in [2.45, 2.75) is 58.3 Å². The summed E-state index contributed by atoms with van der Waals surface area (Å²) in [7, 11) is 0. The van der Waals surface area contributed by atoms with Gasteiger partial charge in [0.15, 0.2) is 0 Å². The summed E-state index contributed by atoms with van der Waals surface area (Å²) in [6.07, 6.45) is 3.53. The lowest BCUT2D eigenvalue weighted by molar-refractivity contribution is -0.108. The van der Waals surface area contributed by atoms with E-state index in [0.29, 0.717) is 6.04 Å². The molecular weight excluding hydrogens is 330 g/mol. The fourth-order valence-corrected chi connectivity index (χ4v) is 3.09. The molecule has 1 aromatic rings. The largest absolute Gasteiger partial charge is 0.487 e. The molecule has 0 spiro atoms. The molecule has 118 valence electrons. The van der Waals surface area contributed by atoms with Gasteiger partial charge in [0, 0.05) is 23.5 Å². The number of aryl methyl sites for hydroxylation is 1.